The number of rotatable bonds is 6. The molecule has 0 heterocycles. The highest BCUT2D eigenvalue weighted by molar-refractivity contribution is 9.10. The van der Waals surface area contributed by atoms with Gasteiger partial charge in [-0.25, -0.2) is 0 Å². The highest BCUT2D eigenvalue weighted by Gasteiger charge is 2.08. The maximum Gasteiger partial charge on any atom is 0.123 e. The molecule has 4 heteroatoms. The summed E-state index contributed by atoms with van der Waals surface area (Å²) in [5.74, 6) is 0.843. The van der Waals surface area contributed by atoms with Gasteiger partial charge in [0.2, 0.25) is 0 Å². The molecule has 0 radical (unpaired) electrons. The minimum absolute atomic E-state index is 0.500. The van der Waals surface area contributed by atoms with E-state index in [1.807, 2.05) is 48.5 Å². The van der Waals surface area contributed by atoms with Crippen molar-refractivity contribution >= 4 is 15.9 Å². The summed E-state index contributed by atoms with van der Waals surface area (Å²) in [4.78, 5) is 0. The monoisotopic (exact) mass is 335 g/mol. The Kier molecular flexibility index (Phi) is 5.59. The van der Waals surface area contributed by atoms with Crippen LogP contribution in [0.5, 0.6) is 5.75 Å². The van der Waals surface area contributed by atoms with E-state index in [0.29, 0.717) is 13.1 Å². The molecule has 0 aliphatic heterocycles. The fraction of sp³-hybridized carbons (Fsp3) is 0.250. The number of halogens is 1. The highest BCUT2D eigenvalue weighted by atomic mass is 79.9. The lowest BCUT2D eigenvalue weighted by Gasteiger charge is -2.14. The molecule has 20 heavy (non-hydrogen) atoms. The van der Waals surface area contributed by atoms with Crippen molar-refractivity contribution in [3.05, 3.63) is 64.1 Å². The van der Waals surface area contributed by atoms with E-state index in [9.17, 15) is 5.11 Å². The molecule has 0 fully saturated rings. The van der Waals surface area contributed by atoms with Crippen LogP contribution in [0.1, 0.15) is 17.2 Å². The third kappa shape index (κ3) is 4.07. The van der Waals surface area contributed by atoms with Gasteiger partial charge in [0.25, 0.3) is 0 Å². The number of aliphatic hydroxyl groups is 1. The Morgan fingerprint density at radius 3 is 2.65 bits per heavy atom. The van der Waals surface area contributed by atoms with Gasteiger partial charge in [0, 0.05) is 23.1 Å². The van der Waals surface area contributed by atoms with Gasteiger partial charge in [-0.3, -0.25) is 0 Å². The first-order valence-electron chi connectivity index (χ1n) is 6.47. The first kappa shape index (κ1) is 15.0. The molecule has 0 aliphatic rings. The van der Waals surface area contributed by atoms with Crippen molar-refractivity contribution in [3.63, 3.8) is 0 Å². The van der Waals surface area contributed by atoms with Gasteiger partial charge >= 0.3 is 0 Å². The lowest BCUT2D eigenvalue weighted by Crippen LogP contribution is -2.21. The van der Waals surface area contributed by atoms with Crippen LogP contribution in [0.15, 0.2) is 53.0 Å². The van der Waals surface area contributed by atoms with Crippen molar-refractivity contribution in [1.82, 2.24) is 5.32 Å². The summed E-state index contributed by atoms with van der Waals surface area (Å²) in [6, 6.07) is 15.5. The van der Waals surface area contributed by atoms with Gasteiger partial charge in [-0.05, 0) is 23.8 Å². The maximum atomic E-state index is 10.1. The van der Waals surface area contributed by atoms with Crippen molar-refractivity contribution in [2.75, 3.05) is 13.7 Å². The molecule has 0 saturated carbocycles. The van der Waals surface area contributed by atoms with Crippen molar-refractivity contribution in [2.24, 2.45) is 0 Å². The minimum Gasteiger partial charge on any atom is -0.496 e. The molecular formula is C16H18BrNO2. The molecule has 0 unspecified atom stereocenters. The fourth-order valence-electron chi connectivity index (χ4n) is 2.02. The zero-order chi connectivity index (χ0) is 14.4. The van der Waals surface area contributed by atoms with E-state index in [1.54, 1.807) is 7.11 Å². The molecule has 1 atom stereocenters. The Balaban J connectivity index is 1.91. The Hall–Kier alpha value is -1.36. The standard InChI is InChI=1S/C16H18BrNO2/c1-20-16-8-7-14(17)9-13(16)10-18-11-15(19)12-5-3-2-4-6-12/h2-9,15,18-19H,10-11H2,1H3/t15-/m0/s1. The number of aliphatic hydroxyl groups excluding tert-OH is 1. The van der Waals surface area contributed by atoms with Gasteiger partial charge < -0.3 is 15.2 Å². The molecule has 2 aromatic carbocycles. The zero-order valence-corrected chi connectivity index (χ0v) is 12.9. The van der Waals surface area contributed by atoms with Crippen molar-refractivity contribution in [2.45, 2.75) is 12.6 Å². The van der Waals surface area contributed by atoms with Crippen LogP contribution in [0.3, 0.4) is 0 Å². The van der Waals surface area contributed by atoms with Crippen molar-refractivity contribution in [3.8, 4) is 5.75 Å². The summed E-state index contributed by atoms with van der Waals surface area (Å²) in [7, 11) is 1.66. The second-order valence-corrected chi connectivity index (χ2v) is 5.43. The van der Waals surface area contributed by atoms with Crippen LogP contribution in [-0.4, -0.2) is 18.8 Å². The van der Waals surface area contributed by atoms with E-state index >= 15 is 0 Å². The molecule has 3 nitrogen and oxygen atoms in total. The summed E-state index contributed by atoms with van der Waals surface area (Å²) in [6.07, 6.45) is -0.505. The molecule has 2 N–H and O–H groups in total. The van der Waals surface area contributed by atoms with Gasteiger partial charge in [0.05, 0.1) is 13.2 Å². The predicted octanol–water partition coefficient (Wildman–Crippen LogP) is 3.28. The Morgan fingerprint density at radius 2 is 1.95 bits per heavy atom. The smallest absolute Gasteiger partial charge is 0.123 e. The largest absolute Gasteiger partial charge is 0.496 e. The quantitative estimate of drug-likeness (QED) is 0.851. The molecule has 2 rings (SSSR count). The maximum absolute atomic E-state index is 10.1. The number of benzene rings is 2. The second-order valence-electron chi connectivity index (χ2n) is 4.51. The number of methoxy groups -OCH3 is 1. The Labute approximate surface area is 127 Å². The number of nitrogens with one attached hydrogen (secondary N) is 1. The van der Waals surface area contributed by atoms with Gasteiger partial charge in [-0.15, -0.1) is 0 Å². The van der Waals surface area contributed by atoms with Crippen LogP contribution in [0.4, 0.5) is 0 Å². The van der Waals surface area contributed by atoms with Gasteiger partial charge in [0.15, 0.2) is 0 Å². The van der Waals surface area contributed by atoms with E-state index < -0.39 is 6.10 Å². The Bertz CT molecular complexity index is 545. The van der Waals surface area contributed by atoms with Crippen LogP contribution in [0, 0.1) is 0 Å². The van der Waals surface area contributed by atoms with Gasteiger partial charge in [0.1, 0.15) is 5.75 Å². The lowest BCUT2D eigenvalue weighted by atomic mass is 10.1. The average Bonchev–Trinajstić information content (AvgIpc) is 2.48. The van der Waals surface area contributed by atoms with Crippen LogP contribution in [0.25, 0.3) is 0 Å². The first-order valence-corrected chi connectivity index (χ1v) is 7.26. The van der Waals surface area contributed by atoms with E-state index in [0.717, 1.165) is 21.3 Å². The topological polar surface area (TPSA) is 41.5 Å². The molecule has 2 aromatic rings. The van der Waals surface area contributed by atoms with Crippen LogP contribution < -0.4 is 10.1 Å². The normalized spacial score (nSPS) is 12.2. The molecule has 0 saturated heterocycles. The molecule has 0 amide bonds. The van der Waals surface area contributed by atoms with Gasteiger partial charge in [-0.2, -0.15) is 0 Å². The lowest BCUT2D eigenvalue weighted by molar-refractivity contribution is 0.174. The summed E-state index contributed by atoms with van der Waals surface area (Å²) in [5, 5.41) is 13.3. The summed E-state index contributed by atoms with van der Waals surface area (Å²) >= 11 is 3.45. The highest BCUT2D eigenvalue weighted by Crippen LogP contribution is 2.22. The predicted molar refractivity (Wildman–Crippen MR) is 83.8 cm³/mol. The molecule has 0 aliphatic carbocycles. The molecule has 106 valence electrons. The number of hydrogen-bond acceptors (Lipinski definition) is 3. The van der Waals surface area contributed by atoms with Crippen LogP contribution >= 0.6 is 15.9 Å². The fourth-order valence-corrected chi connectivity index (χ4v) is 2.43. The number of hydrogen-bond donors (Lipinski definition) is 2. The third-order valence-electron chi connectivity index (χ3n) is 3.08. The second kappa shape index (κ2) is 7.43. The zero-order valence-electron chi connectivity index (χ0n) is 11.3. The SMILES string of the molecule is COc1ccc(Br)cc1CNC[C@H](O)c1ccccc1. The summed E-state index contributed by atoms with van der Waals surface area (Å²) in [5.41, 5.74) is 1.98. The van der Waals surface area contributed by atoms with Crippen molar-refractivity contribution < 1.29 is 9.84 Å². The summed E-state index contributed by atoms with van der Waals surface area (Å²) < 4.78 is 6.33. The first-order chi connectivity index (χ1) is 9.70. The number of ether oxygens (including phenoxy) is 1. The molecule has 0 bridgehead atoms. The molecular weight excluding hydrogens is 318 g/mol. The van der Waals surface area contributed by atoms with Crippen LogP contribution in [-0.2, 0) is 6.54 Å². The molecule has 0 aromatic heterocycles. The van der Waals surface area contributed by atoms with E-state index in [4.69, 9.17) is 4.74 Å². The van der Waals surface area contributed by atoms with E-state index in [1.165, 1.54) is 0 Å². The third-order valence-corrected chi connectivity index (χ3v) is 3.57. The van der Waals surface area contributed by atoms with Gasteiger partial charge in [-0.1, -0.05) is 46.3 Å². The summed E-state index contributed by atoms with van der Waals surface area (Å²) in [6.45, 7) is 1.15. The minimum atomic E-state index is -0.505. The van der Waals surface area contributed by atoms with Crippen LogP contribution in [0.2, 0.25) is 0 Å². The van der Waals surface area contributed by atoms with E-state index in [-0.39, 0.29) is 0 Å². The van der Waals surface area contributed by atoms with E-state index in [2.05, 4.69) is 21.2 Å². The Morgan fingerprint density at radius 1 is 1.20 bits per heavy atom. The molecule has 0 spiro atoms. The van der Waals surface area contributed by atoms with Crippen molar-refractivity contribution in [1.29, 1.82) is 0 Å². The average molecular weight is 336 g/mol.